The number of hydrogen-bond acceptors (Lipinski definition) is 5. The Balaban J connectivity index is 1.38. The summed E-state index contributed by atoms with van der Waals surface area (Å²) in [5, 5.41) is 0.387. The van der Waals surface area contributed by atoms with Crippen molar-refractivity contribution in [3.8, 4) is 17.2 Å². The molecule has 0 aliphatic carbocycles. The number of carbonyl (C=O) groups excluding carboxylic acids is 1. The van der Waals surface area contributed by atoms with Crippen molar-refractivity contribution in [3.63, 3.8) is 0 Å². The van der Waals surface area contributed by atoms with E-state index in [-0.39, 0.29) is 17.5 Å². The number of methoxy groups -OCH3 is 1. The van der Waals surface area contributed by atoms with Crippen LogP contribution in [0.4, 0.5) is 4.39 Å². The lowest BCUT2D eigenvalue weighted by Crippen LogP contribution is -2.48. The van der Waals surface area contributed by atoms with Crippen LogP contribution < -0.4 is 14.2 Å². The van der Waals surface area contributed by atoms with Crippen molar-refractivity contribution in [2.75, 3.05) is 46.5 Å². The van der Waals surface area contributed by atoms with E-state index in [4.69, 9.17) is 25.8 Å². The first-order valence-electron chi connectivity index (χ1n) is 9.98. The van der Waals surface area contributed by atoms with Gasteiger partial charge in [-0.25, -0.2) is 4.39 Å². The number of rotatable bonds is 4. The highest BCUT2D eigenvalue weighted by Gasteiger charge is 2.25. The van der Waals surface area contributed by atoms with Gasteiger partial charge in [0.2, 0.25) is 0 Å². The minimum Gasteiger partial charge on any atom is -0.494 e. The van der Waals surface area contributed by atoms with Crippen LogP contribution >= 0.6 is 11.6 Å². The molecule has 0 saturated carbocycles. The fourth-order valence-corrected chi connectivity index (χ4v) is 3.98. The number of piperazine rings is 1. The maximum absolute atomic E-state index is 13.9. The van der Waals surface area contributed by atoms with Crippen LogP contribution in [0.15, 0.2) is 30.3 Å². The maximum Gasteiger partial charge on any atom is 0.254 e. The van der Waals surface area contributed by atoms with Gasteiger partial charge >= 0.3 is 0 Å². The van der Waals surface area contributed by atoms with Gasteiger partial charge in [0.25, 0.3) is 5.91 Å². The number of benzene rings is 2. The van der Waals surface area contributed by atoms with E-state index in [1.807, 2.05) is 6.07 Å². The van der Waals surface area contributed by atoms with E-state index in [1.165, 1.54) is 13.2 Å². The second kappa shape index (κ2) is 9.10. The predicted octanol–water partition coefficient (Wildman–Crippen LogP) is 3.61. The van der Waals surface area contributed by atoms with Crippen molar-refractivity contribution in [3.05, 3.63) is 52.3 Å². The average molecular weight is 435 g/mol. The molecule has 2 heterocycles. The topological polar surface area (TPSA) is 51.2 Å². The van der Waals surface area contributed by atoms with Crippen LogP contribution in [0.5, 0.6) is 17.2 Å². The molecule has 1 saturated heterocycles. The monoisotopic (exact) mass is 434 g/mol. The van der Waals surface area contributed by atoms with Gasteiger partial charge in [0, 0.05) is 44.7 Å². The smallest absolute Gasteiger partial charge is 0.254 e. The van der Waals surface area contributed by atoms with Gasteiger partial charge in [-0.2, -0.15) is 0 Å². The first-order valence-corrected chi connectivity index (χ1v) is 10.4. The summed E-state index contributed by atoms with van der Waals surface area (Å²) in [6.07, 6.45) is 0.772. The van der Waals surface area contributed by atoms with Crippen LogP contribution in [0.2, 0.25) is 5.02 Å². The van der Waals surface area contributed by atoms with Crippen LogP contribution in [0.25, 0.3) is 0 Å². The van der Waals surface area contributed by atoms with Gasteiger partial charge in [-0.3, -0.25) is 9.69 Å². The van der Waals surface area contributed by atoms with Gasteiger partial charge in [0.15, 0.2) is 23.1 Å². The third-order valence-corrected chi connectivity index (χ3v) is 5.61. The standard InChI is InChI=1S/C22H24ClFN2O4/c1-28-19-4-3-15(11-18(19)24)14-25-5-7-26(8-6-25)22(27)16-12-17(23)21-20(13-16)29-9-2-10-30-21/h3-4,11-13H,2,5-10,14H2,1H3. The second-order valence-corrected chi connectivity index (χ2v) is 7.78. The summed E-state index contributed by atoms with van der Waals surface area (Å²) < 4.78 is 30.2. The summed E-state index contributed by atoms with van der Waals surface area (Å²) in [5.74, 6) is 0.812. The van der Waals surface area contributed by atoms with E-state index >= 15 is 0 Å². The summed E-state index contributed by atoms with van der Waals surface area (Å²) in [6, 6.07) is 8.35. The van der Waals surface area contributed by atoms with Crippen molar-refractivity contribution in [2.45, 2.75) is 13.0 Å². The number of amides is 1. The minimum absolute atomic E-state index is 0.0808. The highest BCUT2D eigenvalue weighted by Crippen LogP contribution is 2.38. The molecule has 2 aromatic rings. The molecule has 0 N–H and O–H groups in total. The molecule has 2 aliphatic rings. The molecular formula is C22H24ClFN2O4. The Labute approximate surface area is 180 Å². The lowest BCUT2D eigenvalue weighted by atomic mass is 10.1. The molecule has 0 bridgehead atoms. The van der Waals surface area contributed by atoms with E-state index in [0.717, 1.165) is 12.0 Å². The van der Waals surface area contributed by atoms with Crippen molar-refractivity contribution < 1.29 is 23.4 Å². The van der Waals surface area contributed by atoms with Crippen molar-refractivity contribution in [1.29, 1.82) is 0 Å². The van der Waals surface area contributed by atoms with Crippen LogP contribution in [-0.4, -0.2) is 62.2 Å². The highest BCUT2D eigenvalue weighted by atomic mass is 35.5. The lowest BCUT2D eigenvalue weighted by Gasteiger charge is -2.35. The molecule has 2 aliphatic heterocycles. The molecule has 8 heteroatoms. The molecule has 0 atom stereocenters. The number of carbonyl (C=O) groups is 1. The van der Waals surface area contributed by atoms with E-state index < -0.39 is 0 Å². The van der Waals surface area contributed by atoms with Crippen LogP contribution in [0.1, 0.15) is 22.3 Å². The molecule has 4 rings (SSSR count). The largest absolute Gasteiger partial charge is 0.494 e. The van der Waals surface area contributed by atoms with Crippen LogP contribution in [0, 0.1) is 5.82 Å². The average Bonchev–Trinajstić information content (AvgIpc) is 3.00. The molecule has 6 nitrogen and oxygen atoms in total. The van der Waals surface area contributed by atoms with E-state index in [2.05, 4.69) is 4.90 Å². The van der Waals surface area contributed by atoms with E-state index in [9.17, 15) is 9.18 Å². The van der Waals surface area contributed by atoms with Gasteiger partial charge in [-0.05, 0) is 29.8 Å². The third-order valence-electron chi connectivity index (χ3n) is 5.33. The molecule has 2 aromatic carbocycles. The molecule has 160 valence electrons. The quantitative estimate of drug-likeness (QED) is 0.735. The van der Waals surface area contributed by atoms with Gasteiger partial charge < -0.3 is 19.1 Å². The molecule has 30 heavy (non-hydrogen) atoms. The zero-order valence-corrected chi connectivity index (χ0v) is 17.6. The number of hydrogen-bond donors (Lipinski definition) is 0. The van der Waals surface area contributed by atoms with Gasteiger partial charge in [0.1, 0.15) is 0 Å². The van der Waals surface area contributed by atoms with Crippen molar-refractivity contribution >= 4 is 17.5 Å². The Bertz CT molecular complexity index is 932. The molecular weight excluding hydrogens is 411 g/mol. The number of nitrogens with zero attached hydrogens (tertiary/aromatic N) is 2. The van der Waals surface area contributed by atoms with E-state index in [1.54, 1.807) is 23.1 Å². The molecule has 0 spiro atoms. The lowest BCUT2D eigenvalue weighted by molar-refractivity contribution is 0.0628. The summed E-state index contributed by atoms with van der Waals surface area (Å²) in [7, 11) is 1.45. The summed E-state index contributed by atoms with van der Waals surface area (Å²) in [5.41, 5.74) is 1.37. The zero-order valence-electron chi connectivity index (χ0n) is 16.8. The Kier molecular flexibility index (Phi) is 6.29. The van der Waals surface area contributed by atoms with E-state index in [0.29, 0.717) is 68.0 Å². The molecule has 0 aromatic heterocycles. The van der Waals surface area contributed by atoms with Crippen molar-refractivity contribution in [2.24, 2.45) is 0 Å². The first-order chi connectivity index (χ1) is 14.5. The Morgan fingerprint density at radius 2 is 1.90 bits per heavy atom. The number of halogens is 2. The molecule has 0 radical (unpaired) electrons. The van der Waals surface area contributed by atoms with Crippen LogP contribution in [-0.2, 0) is 6.54 Å². The third kappa shape index (κ3) is 4.47. The predicted molar refractivity (Wildman–Crippen MR) is 111 cm³/mol. The van der Waals surface area contributed by atoms with Gasteiger partial charge in [-0.15, -0.1) is 0 Å². The fourth-order valence-electron chi connectivity index (χ4n) is 3.71. The Hall–Kier alpha value is -2.51. The van der Waals surface area contributed by atoms with Gasteiger partial charge in [-0.1, -0.05) is 17.7 Å². The molecule has 1 amide bonds. The van der Waals surface area contributed by atoms with Crippen LogP contribution in [0.3, 0.4) is 0 Å². The second-order valence-electron chi connectivity index (χ2n) is 7.37. The summed E-state index contributed by atoms with van der Waals surface area (Å²) in [6.45, 7) is 4.28. The van der Waals surface area contributed by atoms with Crippen molar-refractivity contribution in [1.82, 2.24) is 9.80 Å². The fraction of sp³-hybridized carbons (Fsp3) is 0.409. The summed E-state index contributed by atoms with van der Waals surface area (Å²) in [4.78, 5) is 17.0. The number of ether oxygens (including phenoxy) is 3. The number of fused-ring (bicyclic) bond motifs is 1. The maximum atomic E-state index is 13.9. The molecule has 0 unspecified atom stereocenters. The zero-order chi connectivity index (χ0) is 21.1. The van der Waals surface area contributed by atoms with Gasteiger partial charge in [0.05, 0.1) is 25.3 Å². The minimum atomic E-state index is -0.366. The summed E-state index contributed by atoms with van der Waals surface area (Å²) >= 11 is 6.33. The highest BCUT2D eigenvalue weighted by molar-refractivity contribution is 6.32. The SMILES string of the molecule is COc1ccc(CN2CCN(C(=O)c3cc(Cl)c4c(c3)OCCCO4)CC2)cc1F. The first kappa shape index (κ1) is 20.8. The Morgan fingerprint density at radius 3 is 2.63 bits per heavy atom. The molecule has 1 fully saturated rings. The normalized spacial score (nSPS) is 16.8. The Morgan fingerprint density at radius 1 is 1.13 bits per heavy atom.